The number of hydrogen-bond donors (Lipinski definition) is 2. The number of hydrogen-bond acceptors (Lipinski definition) is 4. The molecule has 1 saturated carbocycles. The van der Waals surface area contributed by atoms with Crippen LogP contribution in [-0.2, 0) is 11.3 Å². The lowest BCUT2D eigenvalue weighted by Gasteiger charge is -2.00. The fourth-order valence-electron chi connectivity index (χ4n) is 3.52. The average Bonchev–Trinajstić information content (AvgIpc) is 3.26. The molecule has 132 valence electrons. The first-order valence-electron chi connectivity index (χ1n) is 8.29. The number of nitrogens with one attached hydrogen (secondary N) is 1. The van der Waals surface area contributed by atoms with Gasteiger partial charge in [0.05, 0.1) is 30.6 Å². The molecule has 2 N–H and O–H groups in total. The van der Waals surface area contributed by atoms with Crippen molar-refractivity contribution in [3.8, 4) is 0 Å². The van der Waals surface area contributed by atoms with Gasteiger partial charge in [-0.15, -0.1) is 0 Å². The third-order valence-electron chi connectivity index (χ3n) is 4.77. The van der Waals surface area contributed by atoms with E-state index in [1.807, 2.05) is 36.5 Å². The lowest BCUT2D eigenvalue weighted by molar-refractivity contribution is -0.130. The van der Waals surface area contributed by atoms with E-state index in [1.165, 1.54) is 12.3 Å². The first kappa shape index (κ1) is 16.4. The summed E-state index contributed by atoms with van der Waals surface area (Å²) >= 11 is 0. The van der Waals surface area contributed by atoms with Crippen LogP contribution in [0, 0.1) is 11.7 Å². The average molecular weight is 352 g/mol. The van der Waals surface area contributed by atoms with Gasteiger partial charge >= 0.3 is 0 Å². The van der Waals surface area contributed by atoms with Gasteiger partial charge < -0.3 is 0 Å². The zero-order chi connectivity index (χ0) is 18.1. The Balaban J connectivity index is 1.55. The molecule has 1 amide bonds. The van der Waals surface area contributed by atoms with Crippen LogP contribution >= 0.6 is 0 Å². The van der Waals surface area contributed by atoms with E-state index in [-0.39, 0.29) is 23.6 Å². The van der Waals surface area contributed by atoms with Gasteiger partial charge in [-0.1, -0.05) is 30.3 Å². The minimum absolute atomic E-state index is 0.00458. The molecule has 3 aromatic rings. The summed E-state index contributed by atoms with van der Waals surface area (Å²) in [5, 5.41) is 13.4. The molecule has 1 aliphatic rings. The van der Waals surface area contributed by atoms with Gasteiger partial charge in [0, 0.05) is 18.0 Å². The van der Waals surface area contributed by atoms with Crippen LogP contribution in [0.4, 0.5) is 4.39 Å². The van der Waals surface area contributed by atoms with Crippen molar-refractivity contribution in [1.29, 1.82) is 0 Å². The molecule has 0 radical (unpaired) electrons. The van der Waals surface area contributed by atoms with Crippen LogP contribution in [0.2, 0.25) is 0 Å². The summed E-state index contributed by atoms with van der Waals surface area (Å²) in [5.41, 5.74) is 4.44. The van der Waals surface area contributed by atoms with E-state index in [0.717, 1.165) is 11.1 Å². The summed E-state index contributed by atoms with van der Waals surface area (Å²) in [5.74, 6) is -1.14. The van der Waals surface area contributed by atoms with Crippen LogP contribution in [0.3, 0.4) is 0 Å². The molecule has 4 rings (SSSR count). The first-order valence-corrected chi connectivity index (χ1v) is 8.29. The fourth-order valence-corrected chi connectivity index (χ4v) is 3.52. The summed E-state index contributed by atoms with van der Waals surface area (Å²) in [7, 11) is 0. The van der Waals surface area contributed by atoms with Crippen LogP contribution in [0.1, 0.15) is 28.7 Å². The topological polar surface area (TPSA) is 80.0 Å². The van der Waals surface area contributed by atoms with Crippen LogP contribution in [0.25, 0.3) is 0 Å². The van der Waals surface area contributed by atoms with Gasteiger partial charge in [0.1, 0.15) is 5.82 Å². The summed E-state index contributed by atoms with van der Waals surface area (Å²) in [6.07, 6.45) is 4.78. The van der Waals surface area contributed by atoms with Crippen molar-refractivity contribution in [2.75, 3.05) is 0 Å². The zero-order valence-electron chi connectivity index (χ0n) is 13.8. The highest BCUT2D eigenvalue weighted by Crippen LogP contribution is 2.60. The number of amides is 1. The van der Waals surface area contributed by atoms with Crippen molar-refractivity contribution in [2.45, 2.75) is 18.4 Å². The number of carbonyl (C=O) groups is 1. The van der Waals surface area contributed by atoms with E-state index in [0.29, 0.717) is 12.2 Å². The molecular weight excluding hydrogens is 335 g/mol. The van der Waals surface area contributed by atoms with Crippen LogP contribution < -0.4 is 5.48 Å². The second-order valence-corrected chi connectivity index (χ2v) is 6.40. The minimum atomic E-state index is -0.392. The number of aromatic nitrogens is 3. The van der Waals surface area contributed by atoms with Crippen molar-refractivity contribution in [3.63, 3.8) is 0 Å². The first-order chi connectivity index (χ1) is 12.7. The molecule has 2 heterocycles. The summed E-state index contributed by atoms with van der Waals surface area (Å²) in [6.45, 7) is 0.417. The van der Waals surface area contributed by atoms with Gasteiger partial charge in [-0.05, 0) is 23.3 Å². The number of pyridine rings is 1. The molecule has 0 spiro atoms. The second-order valence-electron chi connectivity index (χ2n) is 6.40. The second kappa shape index (κ2) is 6.68. The fraction of sp³-hybridized carbons (Fsp3) is 0.211. The highest BCUT2D eigenvalue weighted by atomic mass is 19.1. The van der Waals surface area contributed by atoms with E-state index in [9.17, 15) is 9.18 Å². The number of benzene rings is 1. The van der Waals surface area contributed by atoms with Gasteiger partial charge in [0.15, 0.2) is 0 Å². The van der Waals surface area contributed by atoms with Crippen LogP contribution in [0.5, 0.6) is 0 Å². The number of rotatable bonds is 5. The van der Waals surface area contributed by atoms with Crippen molar-refractivity contribution in [3.05, 3.63) is 83.7 Å². The van der Waals surface area contributed by atoms with E-state index >= 15 is 0 Å². The SMILES string of the molecule is O=C(NO)[C@@H]1C(c2ccccc2)[C@H]1c1cnn(Cc2ccc(F)cn2)c1. The Morgan fingerprint density at radius 3 is 2.58 bits per heavy atom. The maximum Gasteiger partial charge on any atom is 0.247 e. The normalized spacial score (nSPS) is 21.4. The molecule has 1 fully saturated rings. The molecule has 7 heteroatoms. The largest absolute Gasteiger partial charge is 0.289 e. The third kappa shape index (κ3) is 3.09. The van der Waals surface area contributed by atoms with E-state index in [2.05, 4.69) is 10.1 Å². The van der Waals surface area contributed by atoms with Gasteiger partial charge in [-0.25, -0.2) is 9.87 Å². The van der Waals surface area contributed by atoms with Crippen LogP contribution in [0.15, 0.2) is 61.1 Å². The summed E-state index contributed by atoms with van der Waals surface area (Å²) < 4.78 is 14.7. The number of hydroxylamine groups is 1. The number of nitrogens with zero attached hydrogens (tertiary/aromatic N) is 3. The Bertz CT molecular complexity index is 911. The molecule has 0 aliphatic heterocycles. The molecule has 1 aromatic carbocycles. The Kier molecular flexibility index (Phi) is 4.22. The summed E-state index contributed by atoms with van der Waals surface area (Å²) in [6, 6.07) is 12.7. The van der Waals surface area contributed by atoms with E-state index < -0.39 is 5.91 Å². The molecule has 1 unspecified atom stereocenters. The lowest BCUT2D eigenvalue weighted by atomic mass is 10.1. The maximum absolute atomic E-state index is 13.0. The maximum atomic E-state index is 13.0. The van der Waals surface area contributed by atoms with Crippen LogP contribution in [-0.4, -0.2) is 25.9 Å². The van der Waals surface area contributed by atoms with Gasteiger partial charge in [-0.3, -0.25) is 19.7 Å². The monoisotopic (exact) mass is 352 g/mol. The molecule has 1 aliphatic carbocycles. The Morgan fingerprint density at radius 1 is 1.12 bits per heavy atom. The van der Waals surface area contributed by atoms with Gasteiger partial charge in [0.2, 0.25) is 5.91 Å². The molecular formula is C19H17FN4O2. The molecule has 3 atom stereocenters. The van der Waals surface area contributed by atoms with E-state index in [1.54, 1.807) is 22.4 Å². The Labute approximate surface area is 149 Å². The van der Waals surface area contributed by atoms with Crippen molar-refractivity contribution < 1.29 is 14.4 Å². The number of carbonyl (C=O) groups excluding carboxylic acids is 1. The minimum Gasteiger partial charge on any atom is -0.289 e. The van der Waals surface area contributed by atoms with Crippen molar-refractivity contribution in [2.24, 2.45) is 5.92 Å². The summed E-state index contributed by atoms with van der Waals surface area (Å²) in [4.78, 5) is 16.1. The Morgan fingerprint density at radius 2 is 1.88 bits per heavy atom. The van der Waals surface area contributed by atoms with Gasteiger partial charge in [0.25, 0.3) is 0 Å². The quantitative estimate of drug-likeness (QED) is 0.546. The molecule has 0 saturated heterocycles. The molecule has 6 nitrogen and oxygen atoms in total. The predicted molar refractivity (Wildman–Crippen MR) is 90.9 cm³/mol. The zero-order valence-corrected chi connectivity index (χ0v) is 13.8. The van der Waals surface area contributed by atoms with E-state index in [4.69, 9.17) is 5.21 Å². The molecule has 26 heavy (non-hydrogen) atoms. The third-order valence-corrected chi connectivity index (χ3v) is 4.77. The number of halogens is 1. The predicted octanol–water partition coefficient (Wildman–Crippen LogP) is 2.47. The van der Waals surface area contributed by atoms with Gasteiger partial charge in [-0.2, -0.15) is 5.10 Å². The van der Waals surface area contributed by atoms with Crippen molar-refractivity contribution in [1.82, 2.24) is 20.2 Å². The smallest absolute Gasteiger partial charge is 0.247 e. The standard InChI is InChI=1S/C19H17FN4O2/c20-14-6-7-15(21-9-14)11-24-10-13(8-22-24)17-16(18(17)19(25)23-26)12-4-2-1-3-5-12/h1-10,16-18,26H,11H2,(H,23,25)/t16?,17-,18-/m1/s1. The Hall–Kier alpha value is -3.06. The lowest BCUT2D eigenvalue weighted by Crippen LogP contribution is -2.21. The highest BCUT2D eigenvalue weighted by molar-refractivity contribution is 5.84. The van der Waals surface area contributed by atoms with Crippen molar-refractivity contribution >= 4 is 5.91 Å². The molecule has 0 bridgehead atoms. The highest BCUT2D eigenvalue weighted by Gasteiger charge is 2.56. The molecule has 2 aromatic heterocycles.